The highest BCUT2D eigenvalue weighted by Gasteiger charge is 2.10. The fraction of sp³-hybridized carbons (Fsp3) is 0.214. The lowest BCUT2D eigenvalue weighted by Gasteiger charge is -2.08. The number of amides is 1. The van der Waals surface area contributed by atoms with Crippen LogP contribution in [0, 0.1) is 10.5 Å². The van der Waals surface area contributed by atoms with E-state index in [4.69, 9.17) is 0 Å². The van der Waals surface area contributed by atoms with Crippen LogP contribution in [-0.2, 0) is 6.42 Å². The molecular weight excluding hydrogens is 357 g/mol. The smallest absolute Gasteiger partial charge is 0.252 e. The molecule has 0 saturated carbocycles. The van der Waals surface area contributed by atoms with Crippen molar-refractivity contribution < 1.29 is 4.79 Å². The van der Waals surface area contributed by atoms with Gasteiger partial charge in [-0.05, 0) is 59.0 Å². The molecule has 18 heavy (non-hydrogen) atoms. The molecule has 2 aromatic rings. The summed E-state index contributed by atoms with van der Waals surface area (Å²) < 4.78 is 1.03. The summed E-state index contributed by atoms with van der Waals surface area (Å²) in [4.78, 5) is 13.3. The highest BCUT2D eigenvalue weighted by atomic mass is 127. The van der Waals surface area contributed by atoms with Gasteiger partial charge < -0.3 is 5.32 Å². The summed E-state index contributed by atoms with van der Waals surface area (Å²) in [7, 11) is 0. The summed E-state index contributed by atoms with van der Waals surface area (Å²) >= 11 is 3.95. The summed E-state index contributed by atoms with van der Waals surface area (Å²) in [5.41, 5.74) is 1.91. The van der Waals surface area contributed by atoms with Crippen LogP contribution in [-0.4, -0.2) is 12.5 Å². The molecule has 0 aliphatic rings. The number of hydrogen-bond donors (Lipinski definition) is 1. The van der Waals surface area contributed by atoms with Gasteiger partial charge in [0.05, 0.1) is 5.56 Å². The van der Waals surface area contributed by atoms with Crippen molar-refractivity contribution in [3.63, 3.8) is 0 Å². The third-order valence-electron chi connectivity index (χ3n) is 2.67. The van der Waals surface area contributed by atoms with Crippen LogP contribution in [0.3, 0.4) is 0 Å². The number of nitrogens with one attached hydrogen (secondary N) is 1. The summed E-state index contributed by atoms with van der Waals surface area (Å²) in [6, 6.07) is 9.93. The summed E-state index contributed by atoms with van der Waals surface area (Å²) in [6.07, 6.45) is 0.895. The van der Waals surface area contributed by atoms with Gasteiger partial charge in [0.25, 0.3) is 5.91 Å². The first-order chi connectivity index (χ1) is 8.68. The van der Waals surface area contributed by atoms with E-state index in [0.29, 0.717) is 6.54 Å². The number of hydrogen-bond acceptors (Lipinski definition) is 2. The van der Waals surface area contributed by atoms with Gasteiger partial charge in [-0.25, -0.2) is 0 Å². The van der Waals surface area contributed by atoms with Crippen molar-refractivity contribution in [3.05, 3.63) is 55.3 Å². The van der Waals surface area contributed by atoms with Crippen molar-refractivity contribution in [2.45, 2.75) is 13.3 Å². The van der Waals surface area contributed by atoms with Gasteiger partial charge in [0, 0.05) is 15.0 Å². The topological polar surface area (TPSA) is 29.1 Å². The molecule has 2 nitrogen and oxygen atoms in total. The van der Waals surface area contributed by atoms with Crippen molar-refractivity contribution in [3.8, 4) is 0 Å². The zero-order chi connectivity index (χ0) is 13.0. The zero-order valence-corrected chi connectivity index (χ0v) is 13.0. The van der Waals surface area contributed by atoms with E-state index >= 15 is 0 Å². The highest BCUT2D eigenvalue weighted by Crippen LogP contribution is 2.16. The minimum atomic E-state index is 0.0136. The molecule has 0 bridgehead atoms. The molecule has 0 aliphatic heterocycles. The molecule has 4 heteroatoms. The molecule has 0 fully saturated rings. The minimum absolute atomic E-state index is 0.0136. The molecule has 94 valence electrons. The van der Waals surface area contributed by atoms with Gasteiger partial charge in [-0.15, -0.1) is 11.3 Å². The molecular formula is C14H14INOS. The Morgan fingerprint density at radius 2 is 2.17 bits per heavy atom. The lowest BCUT2D eigenvalue weighted by Crippen LogP contribution is -2.26. The van der Waals surface area contributed by atoms with E-state index in [1.165, 1.54) is 4.88 Å². The van der Waals surface area contributed by atoms with Gasteiger partial charge >= 0.3 is 0 Å². The normalized spacial score (nSPS) is 10.3. The predicted octanol–water partition coefficient (Wildman–Crippen LogP) is 3.63. The Kier molecular flexibility index (Phi) is 4.77. The molecule has 0 atom stereocenters. The molecule has 1 amide bonds. The van der Waals surface area contributed by atoms with Gasteiger partial charge in [0.2, 0.25) is 0 Å². The zero-order valence-electron chi connectivity index (χ0n) is 10.1. The molecule has 0 spiro atoms. The van der Waals surface area contributed by atoms with Gasteiger partial charge in [-0.2, -0.15) is 0 Å². The molecule has 1 aromatic carbocycles. The van der Waals surface area contributed by atoms with Crippen LogP contribution in [0.5, 0.6) is 0 Å². The first kappa shape index (κ1) is 13.5. The maximum atomic E-state index is 12.0. The lowest BCUT2D eigenvalue weighted by atomic mass is 10.1. The van der Waals surface area contributed by atoms with Crippen molar-refractivity contribution in [2.24, 2.45) is 0 Å². The van der Waals surface area contributed by atoms with Crippen LogP contribution in [0.2, 0.25) is 0 Å². The van der Waals surface area contributed by atoms with Crippen LogP contribution >= 0.6 is 33.9 Å². The van der Waals surface area contributed by atoms with E-state index in [1.54, 1.807) is 11.3 Å². The second-order valence-corrected chi connectivity index (χ2v) is 6.13. The number of rotatable bonds is 4. The van der Waals surface area contributed by atoms with E-state index in [1.807, 2.05) is 31.2 Å². The van der Waals surface area contributed by atoms with Gasteiger partial charge in [-0.1, -0.05) is 18.2 Å². The van der Waals surface area contributed by atoms with Crippen molar-refractivity contribution in [2.75, 3.05) is 6.54 Å². The van der Waals surface area contributed by atoms with Gasteiger partial charge in [0.1, 0.15) is 0 Å². The largest absolute Gasteiger partial charge is 0.352 e. The Morgan fingerprint density at radius 3 is 2.89 bits per heavy atom. The van der Waals surface area contributed by atoms with E-state index in [2.05, 4.69) is 39.4 Å². The molecule has 0 unspecified atom stereocenters. The molecule has 0 saturated heterocycles. The quantitative estimate of drug-likeness (QED) is 0.818. The number of thiophene rings is 1. The van der Waals surface area contributed by atoms with Crippen LogP contribution in [0.1, 0.15) is 20.8 Å². The van der Waals surface area contributed by atoms with Crippen LogP contribution in [0.25, 0.3) is 0 Å². The Labute approximate surface area is 125 Å². The van der Waals surface area contributed by atoms with Crippen LogP contribution < -0.4 is 5.32 Å². The molecule has 0 aliphatic carbocycles. The van der Waals surface area contributed by atoms with Crippen molar-refractivity contribution in [1.82, 2.24) is 5.32 Å². The van der Waals surface area contributed by atoms with E-state index in [-0.39, 0.29) is 5.91 Å². The summed E-state index contributed by atoms with van der Waals surface area (Å²) in [5, 5.41) is 5.02. The number of halogens is 1. The second-order valence-electron chi connectivity index (χ2n) is 4.02. The van der Waals surface area contributed by atoms with Crippen molar-refractivity contribution >= 4 is 39.8 Å². The molecule has 1 heterocycles. The predicted molar refractivity (Wildman–Crippen MR) is 84.3 cm³/mol. The number of carbonyl (C=O) groups excluding carboxylic acids is 1. The Hall–Kier alpha value is -0.880. The molecule has 0 radical (unpaired) electrons. The van der Waals surface area contributed by atoms with Crippen LogP contribution in [0.4, 0.5) is 0 Å². The van der Waals surface area contributed by atoms with Gasteiger partial charge in [0.15, 0.2) is 0 Å². The molecule has 1 aromatic heterocycles. The number of carbonyl (C=O) groups is 1. The first-order valence-corrected chi connectivity index (χ1v) is 7.70. The monoisotopic (exact) mass is 371 g/mol. The lowest BCUT2D eigenvalue weighted by molar-refractivity contribution is 0.0953. The minimum Gasteiger partial charge on any atom is -0.352 e. The first-order valence-electron chi connectivity index (χ1n) is 5.74. The SMILES string of the molecule is Cc1cccc(C(=O)NCCc2cccs2)c1I. The van der Waals surface area contributed by atoms with Crippen LogP contribution in [0.15, 0.2) is 35.7 Å². The maximum absolute atomic E-state index is 12.0. The summed E-state index contributed by atoms with van der Waals surface area (Å²) in [6.45, 7) is 2.70. The van der Waals surface area contributed by atoms with Gasteiger partial charge in [-0.3, -0.25) is 4.79 Å². The van der Waals surface area contributed by atoms with Crippen molar-refractivity contribution in [1.29, 1.82) is 0 Å². The standard InChI is InChI=1S/C14H14INOS/c1-10-4-2-6-12(13(10)15)14(17)16-8-7-11-5-3-9-18-11/h2-6,9H,7-8H2,1H3,(H,16,17). The van der Waals surface area contributed by atoms with E-state index in [9.17, 15) is 4.79 Å². The van der Waals surface area contributed by atoms with E-state index < -0.39 is 0 Å². The Morgan fingerprint density at radius 1 is 1.33 bits per heavy atom. The number of aryl methyl sites for hydroxylation is 1. The second kappa shape index (κ2) is 6.33. The fourth-order valence-electron chi connectivity index (χ4n) is 1.67. The Bertz CT molecular complexity index is 537. The highest BCUT2D eigenvalue weighted by molar-refractivity contribution is 14.1. The molecule has 1 N–H and O–H groups in total. The fourth-order valence-corrected chi connectivity index (χ4v) is 2.99. The Balaban J connectivity index is 1.93. The average molecular weight is 371 g/mol. The third-order valence-corrected chi connectivity index (χ3v) is 5.04. The third kappa shape index (κ3) is 3.32. The maximum Gasteiger partial charge on any atom is 0.252 e. The molecule has 2 rings (SSSR count). The van der Waals surface area contributed by atoms with E-state index in [0.717, 1.165) is 21.1 Å². The summed E-state index contributed by atoms with van der Waals surface area (Å²) in [5.74, 6) is 0.0136. The number of benzene rings is 1. The average Bonchev–Trinajstić information content (AvgIpc) is 2.85.